The third kappa shape index (κ3) is 3.79. The van der Waals surface area contributed by atoms with Crippen LogP contribution in [0.4, 0.5) is 4.39 Å². The first-order valence-corrected chi connectivity index (χ1v) is 9.83. The van der Waals surface area contributed by atoms with E-state index in [1.54, 1.807) is 0 Å². The molecule has 6 nitrogen and oxygen atoms in total. The zero-order valence-corrected chi connectivity index (χ0v) is 17.1. The van der Waals surface area contributed by atoms with Crippen LogP contribution in [0.15, 0.2) is 58.4 Å². The number of aromatic amines is 2. The average Bonchev–Trinajstić information content (AvgIpc) is 3.13. The van der Waals surface area contributed by atoms with Gasteiger partial charge in [-0.05, 0) is 48.5 Å². The Morgan fingerprint density at radius 3 is 2.87 bits per heavy atom. The fourth-order valence-electron chi connectivity index (χ4n) is 3.20. The third-order valence-corrected chi connectivity index (χ3v) is 5.26. The van der Waals surface area contributed by atoms with Crippen LogP contribution in [-0.2, 0) is 6.42 Å². The Kier molecular flexibility index (Phi) is 5.52. The molecule has 0 aliphatic heterocycles. The van der Waals surface area contributed by atoms with Crippen molar-refractivity contribution >= 4 is 40.9 Å². The molecule has 0 spiro atoms. The third-order valence-electron chi connectivity index (χ3n) is 4.69. The summed E-state index contributed by atoms with van der Waals surface area (Å²) in [6.07, 6.45) is 3.90. The first-order chi connectivity index (χ1) is 14.5. The Morgan fingerprint density at radius 2 is 2.07 bits per heavy atom. The Hall–Kier alpha value is -3.23. The normalized spacial score (nSPS) is 11.5. The second kappa shape index (κ2) is 8.25. The minimum absolute atomic E-state index is 0.0453. The van der Waals surface area contributed by atoms with Crippen LogP contribution in [0.5, 0.6) is 5.88 Å². The number of aromatic hydroxyl groups is 1. The lowest BCUT2D eigenvalue weighted by molar-refractivity contribution is 0.432. The van der Waals surface area contributed by atoms with Gasteiger partial charge in [0.25, 0.3) is 5.56 Å². The Morgan fingerprint density at radius 1 is 1.27 bits per heavy atom. The summed E-state index contributed by atoms with van der Waals surface area (Å²) in [5, 5.41) is 11.6. The van der Waals surface area contributed by atoms with Crippen molar-refractivity contribution in [2.75, 3.05) is 6.54 Å². The van der Waals surface area contributed by atoms with E-state index in [4.69, 9.17) is 23.8 Å². The van der Waals surface area contributed by atoms with Gasteiger partial charge in [-0.3, -0.25) is 19.3 Å². The molecule has 0 radical (unpaired) electrons. The standard InChI is InChI=1S/C21H16ClFN4O2S/c22-16-9-13(5-6-17(16)23)27-20(29)15(19(28)26-21(27)30)11-24-8-7-12-10-25-18-4-2-1-3-14(12)18/h1-6,9-11,25,29H,7-8H2,(H,26,28,30). The highest BCUT2D eigenvalue weighted by Gasteiger charge is 2.13. The number of fused-ring (bicyclic) bond motifs is 1. The van der Waals surface area contributed by atoms with Gasteiger partial charge in [0, 0.05) is 29.9 Å². The van der Waals surface area contributed by atoms with Crippen LogP contribution >= 0.6 is 23.8 Å². The van der Waals surface area contributed by atoms with E-state index >= 15 is 0 Å². The van der Waals surface area contributed by atoms with Gasteiger partial charge in [-0.15, -0.1) is 0 Å². The van der Waals surface area contributed by atoms with E-state index in [1.807, 2.05) is 30.5 Å². The van der Waals surface area contributed by atoms with Crippen LogP contribution in [-0.4, -0.2) is 32.4 Å². The van der Waals surface area contributed by atoms with E-state index in [9.17, 15) is 14.3 Å². The summed E-state index contributed by atoms with van der Waals surface area (Å²) < 4.78 is 14.6. The van der Waals surface area contributed by atoms with Crippen molar-refractivity contribution in [1.82, 2.24) is 14.5 Å². The van der Waals surface area contributed by atoms with Crippen molar-refractivity contribution in [3.05, 3.63) is 85.8 Å². The van der Waals surface area contributed by atoms with Gasteiger partial charge in [0.1, 0.15) is 11.4 Å². The number of nitrogens with zero attached hydrogens (tertiary/aromatic N) is 2. The minimum atomic E-state index is -0.602. The summed E-state index contributed by atoms with van der Waals surface area (Å²) in [6.45, 7) is 0.415. The molecule has 0 unspecified atom stereocenters. The summed E-state index contributed by atoms with van der Waals surface area (Å²) in [7, 11) is 0. The summed E-state index contributed by atoms with van der Waals surface area (Å²) in [4.78, 5) is 22.3. The largest absolute Gasteiger partial charge is 0.494 e. The molecular weight excluding hydrogens is 427 g/mol. The first kappa shape index (κ1) is 20.1. The molecule has 0 saturated carbocycles. The molecule has 0 saturated heterocycles. The fourth-order valence-corrected chi connectivity index (χ4v) is 3.66. The number of rotatable bonds is 5. The van der Waals surface area contributed by atoms with Gasteiger partial charge in [-0.25, -0.2) is 4.39 Å². The van der Waals surface area contributed by atoms with Crippen LogP contribution < -0.4 is 5.56 Å². The van der Waals surface area contributed by atoms with Crippen LogP contribution in [0.25, 0.3) is 16.6 Å². The maximum absolute atomic E-state index is 13.5. The summed E-state index contributed by atoms with van der Waals surface area (Å²) in [5.74, 6) is -1.00. The second-order valence-corrected chi connectivity index (χ2v) is 7.37. The number of nitrogens with one attached hydrogen (secondary N) is 2. The lowest BCUT2D eigenvalue weighted by Gasteiger charge is -2.11. The van der Waals surface area contributed by atoms with Gasteiger partial charge >= 0.3 is 0 Å². The highest BCUT2D eigenvalue weighted by Crippen LogP contribution is 2.23. The van der Waals surface area contributed by atoms with Crippen molar-refractivity contribution in [2.45, 2.75) is 6.42 Å². The van der Waals surface area contributed by atoms with Crippen LogP contribution in [0, 0.1) is 10.6 Å². The molecule has 0 aliphatic rings. The van der Waals surface area contributed by atoms with E-state index in [0.717, 1.165) is 22.5 Å². The molecule has 9 heteroatoms. The SMILES string of the molecule is O=c1[nH]c(=S)n(-c2ccc(F)c(Cl)c2)c(O)c1C=NCCc1c[nH]c2ccccc12. The molecule has 0 amide bonds. The monoisotopic (exact) mass is 442 g/mol. The van der Waals surface area contributed by atoms with Crippen LogP contribution in [0.3, 0.4) is 0 Å². The lowest BCUT2D eigenvalue weighted by atomic mass is 10.1. The molecule has 2 aromatic carbocycles. The topological polar surface area (TPSA) is 86.2 Å². The zero-order valence-electron chi connectivity index (χ0n) is 15.5. The predicted octanol–water partition coefficient (Wildman–Crippen LogP) is 4.54. The molecule has 4 rings (SSSR count). The number of halogens is 2. The number of aliphatic imine (C=N–C) groups is 1. The smallest absolute Gasteiger partial charge is 0.264 e. The van der Waals surface area contributed by atoms with Gasteiger partial charge in [-0.2, -0.15) is 0 Å². The number of H-pyrrole nitrogens is 2. The van der Waals surface area contributed by atoms with Gasteiger partial charge in [0.15, 0.2) is 4.77 Å². The lowest BCUT2D eigenvalue weighted by Crippen LogP contribution is -2.18. The number of aromatic nitrogens is 3. The molecular formula is C21H16ClFN4O2S. The molecule has 4 aromatic rings. The number of para-hydroxylation sites is 1. The van der Waals surface area contributed by atoms with E-state index in [1.165, 1.54) is 22.9 Å². The summed E-state index contributed by atoms with van der Waals surface area (Å²) >= 11 is 11.0. The van der Waals surface area contributed by atoms with E-state index in [2.05, 4.69) is 15.0 Å². The van der Waals surface area contributed by atoms with Crippen LogP contribution in [0.2, 0.25) is 5.02 Å². The van der Waals surface area contributed by atoms with Crippen molar-refractivity contribution in [2.24, 2.45) is 4.99 Å². The summed E-state index contributed by atoms with van der Waals surface area (Å²) in [6, 6.07) is 11.8. The van der Waals surface area contributed by atoms with Crippen molar-refractivity contribution in [1.29, 1.82) is 0 Å². The highest BCUT2D eigenvalue weighted by atomic mass is 35.5. The predicted molar refractivity (Wildman–Crippen MR) is 118 cm³/mol. The average molecular weight is 443 g/mol. The van der Waals surface area contributed by atoms with Crippen molar-refractivity contribution in [3.8, 4) is 11.6 Å². The Labute approximate surface area is 180 Å². The molecule has 30 heavy (non-hydrogen) atoms. The molecule has 3 N–H and O–H groups in total. The number of hydrogen-bond acceptors (Lipinski definition) is 4. The quantitative estimate of drug-likeness (QED) is 0.313. The van der Waals surface area contributed by atoms with Gasteiger partial charge in [-0.1, -0.05) is 29.8 Å². The van der Waals surface area contributed by atoms with Crippen LogP contribution in [0.1, 0.15) is 11.1 Å². The molecule has 0 aliphatic carbocycles. The first-order valence-electron chi connectivity index (χ1n) is 9.04. The second-order valence-electron chi connectivity index (χ2n) is 6.58. The van der Waals surface area contributed by atoms with E-state index in [0.29, 0.717) is 18.7 Å². The molecule has 2 aromatic heterocycles. The highest BCUT2D eigenvalue weighted by molar-refractivity contribution is 7.71. The van der Waals surface area contributed by atoms with E-state index in [-0.39, 0.29) is 15.4 Å². The Bertz CT molecular complexity index is 1390. The fraction of sp³-hybridized carbons (Fsp3) is 0.0952. The van der Waals surface area contributed by atoms with E-state index < -0.39 is 17.3 Å². The Balaban J connectivity index is 1.61. The number of benzene rings is 2. The number of hydrogen-bond donors (Lipinski definition) is 3. The molecule has 0 bridgehead atoms. The molecule has 2 heterocycles. The summed E-state index contributed by atoms with van der Waals surface area (Å²) in [5.41, 5.74) is 1.85. The maximum Gasteiger partial charge on any atom is 0.264 e. The minimum Gasteiger partial charge on any atom is -0.494 e. The van der Waals surface area contributed by atoms with Gasteiger partial charge < -0.3 is 10.1 Å². The van der Waals surface area contributed by atoms with Gasteiger partial charge in [0.2, 0.25) is 5.88 Å². The van der Waals surface area contributed by atoms with Gasteiger partial charge in [0.05, 0.1) is 10.7 Å². The van der Waals surface area contributed by atoms with Crippen molar-refractivity contribution < 1.29 is 9.50 Å². The maximum atomic E-state index is 13.5. The molecule has 0 fully saturated rings. The molecule has 0 atom stereocenters. The molecule has 152 valence electrons. The van der Waals surface area contributed by atoms with Crippen molar-refractivity contribution in [3.63, 3.8) is 0 Å². The zero-order chi connectivity index (χ0) is 21.3.